The maximum atomic E-state index is 6.16. The molecule has 0 aliphatic rings. The summed E-state index contributed by atoms with van der Waals surface area (Å²) in [6, 6.07) is 84.1. The minimum absolute atomic E-state index is 0.909. The summed E-state index contributed by atoms with van der Waals surface area (Å²) in [4.78, 5) is 0. The molecule has 0 aliphatic carbocycles. The second-order valence-electron chi connectivity index (χ2n) is 16.0. The molecule has 1 nitrogen and oxygen atoms in total. The first-order valence-corrected chi connectivity index (χ1v) is 21.0. The molecule has 12 aromatic rings. The van der Waals surface area contributed by atoms with E-state index in [9.17, 15) is 0 Å². The number of para-hydroxylation sites is 1. The Morgan fingerprint density at radius 1 is 0.197 bits per heavy atom. The number of hydrogen-bond acceptors (Lipinski definition) is 1. The van der Waals surface area contributed by atoms with E-state index in [1.807, 2.05) is 12.1 Å². The van der Waals surface area contributed by atoms with Crippen LogP contribution in [0, 0.1) is 0 Å². The SMILES string of the molecule is c1ccc(-c2ccc3c(-c4ccc(-c5ccc6oc7ccccc7c6c5)cc4)c4cc(-c5ccccc5)ccc4c(-c4ccc(-c5ccc6ccccc6c5)cc4)c3c2)cc1. The third-order valence-electron chi connectivity index (χ3n) is 12.5. The monoisotopic (exact) mass is 774 g/mol. The third kappa shape index (κ3) is 6.10. The Labute approximate surface area is 354 Å². The van der Waals surface area contributed by atoms with Crippen LogP contribution in [0.25, 0.3) is 121 Å². The summed E-state index contributed by atoms with van der Waals surface area (Å²) in [5, 5.41) is 9.70. The van der Waals surface area contributed by atoms with Crippen LogP contribution in [0.1, 0.15) is 0 Å². The number of fused-ring (bicyclic) bond motifs is 6. The first-order chi connectivity index (χ1) is 30.2. The molecule has 61 heavy (non-hydrogen) atoms. The lowest BCUT2D eigenvalue weighted by molar-refractivity contribution is 0.669. The van der Waals surface area contributed by atoms with E-state index in [0.717, 1.165) is 21.9 Å². The molecule has 0 bridgehead atoms. The van der Waals surface area contributed by atoms with Crippen molar-refractivity contribution in [1.82, 2.24) is 0 Å². The largest absolute Gasteiger partial charge is 0.456 e. The van der Waals surface area contributed by atoms with Crippen LogP contribution in [0.15, 0.2) is 235 Å². The molecule has 0 fully saturated rings. The van der Waals surface area contributed by atoms with Gasteiger partial charge in [0.2, 0.25) is 0 Å². The summed E-state index contributed by atoms with van der Waals surface area (Å²) in [6.45, 7) is 0. The highest BCUT2D eigenvalue weighted by atomic mass is 16.3. The average Bonchev–Trinajstić information content (AvgIpc) is 3.71. The highest BCUT2D eigenvalue weighted by Gasteiger charge is 2.19. The summed E-state index contributed by atoms with van der Waals surface area (Å²) >= 11 is 0. The molecule has 0 saturated heterocycles. The molecule has 1 aromatic heterocycles. The lowest BCUT2D eigenvalue weighted by Gasteiger charge is -2.20. The minimum Gasteiger partial charge on any atom is -0.456 e. The smallest absolute Gasteiger partial charge is 0.135 e. The van der Waals surface area contributed by atoms with Gasteiger partial charge in [0.15, 0.2) is 0 Å². The van der Waals surface area contributed by atoms with Gasteiger partial charge in [0.25, 0.3) is 0 Å². The highest BCUT2D eigenvalue weighted by Crippen LogP contribution is 2.47. The predicted molar refractivity (Wildman–Crippen MR) is 259 cm³/mol. The lowest BCUT2D eigenvalue weighted by atomic mass is 9.83. The van der Waals surface area contributed by atoms with Crippen LogP contribution in [0.3, 0.4) is 0 Å². The number of rotatable bonds is 6. The van der Waals surface area contributed by atoms with Crippen molar-refractivity contribution in [3.8, 4) is 66.8 Å². The third-order valence-corrected chi connectivity index (χ3v) is 12.5. The summed E-state index contributed by atoms with van der Waals surface area (Å²) in [6.07, 6.45) is 0. The molecule has 1 heteroatoms. The van der Waals surface area contributed by atoms with E-state index in [1.54, 1.807) is 0 Å². The van der Waals surface area contributed by atoms with Crippen LogP contribution in [-0.2, 0) is 0 Å². The van der Waals surface area contributed by atoms with E-state index >= 15 is 0 Å². The second kappa shape index (κ2) is 14.4. The van der Waals surface area contributed by atoms with Gasteiger partial charge in [-0.2, -0.15) is 0 Å². The van der Waals surface area contributed by atoms with Gasteiger partial charge in [-0.1, -0.05) is 194 Å². The molecule has 0 unspecified atom stereocenters. The van der Waals surface area contributed by atoms with Crippen LogP contribution < -0.4 is 0 Å². The molecule has 0 aliphatic heterocycles. The van der Waals surface area contributed by atoms with Crippen LogP contribution in [0.5, 0.6) is 0 Å². The zero-order valence-corrected chi connectivity index (χ0v) is 33.3. The maximum Gasteiger partial charge on any atom is 0.135 e. The fourth-order valence-electron chi connectivity index (χ4n) is 9.40. The van der Waals surface area contributed by atoms with Gasteiger partial charge in [-0.3, -0.25) is 0 Å². The Hall–Kier alpha value is -8.00. The molecule has 0 spiro atoms. The van der Waals surface area contributed by atoms with Gasteiger partial charge in [-0.15, -0.1) is 0 Å². The minimum atomic E-state index is 0.909. The van der Waals surface area contributed by atoms with Crippen LogP contribution in [0.2, 0.25) is 0 Å². The summed E-state index contributed by atoms with van der Waals surface area (Å²) in [5.74, 6) is 0. The van der Waals surface area contributed by atoms with E-state index in [2.05, 4.69) is 218 Å². The molecule has 1 heterocycles. The molecule has 11 aromatic carbocycles. The van der Waals surface area contributed by atoms with E-state index in [1.165, 1.54) is 99.1 Å². The molecular formula is C60H38O. The molecule has 0 radical (unpaired) electrons. The van der Waals surface area contributed by atoms with E-state index in [4.69, 9.17) is 4.42 Å². The van der Waals surface area contributed by atoms with Gasteiger partial charge in [-0.25, -0.2) is 0 Å². The molecule has 0 saturated carbocycles. The molecule has 0 N–H and O–H groups in total. The van der Waals surface area contributed by atoms with Crippen LogP contribution >= 0.6 is 0 Å². The Morgan fingerprint density at radius 3 is 1.18 bits per heavy atom. The van der Waals surface area contributed by atoms with Gasteiger partial charge >= 0.3 is 0 Å². The normalized spacial score (nSPS) is 11.6. The zero-order valence-electron chi connectivity index (χ0n) is 33.3. The van der Waals surface area contributed by atoms with Gasteiger partial charge in [0.05, 0.1) is 0 Å². The Morgan fingerprint density at radius 2 is 0.590 bits per heavy atom. The number of furan rings is 1. The quantitative estimate of drug-likeness (QED) is 0.153. The fraction of sp³-hybridized carbons (Fsp3) is 0. The van der Waals surface area contributed by atoms with Gasteiger partial charge in [-0.05, 0) is 135 Å². The van der Waals surface area contributed by atoms with E-state index in [0.29, 0.717) is 0 Å². The number of hydrogen-bond donors (Lipinski definition) is 0. The van der Waals surface area contributed by atoms with E-state index in [-0.39, 0.29) is 0 Å². The summed E-state index contributed by atoms with van der Waals surface area (Å²) < 4.78 is 6.16. The first-order valence-electron chi connectivity index (χ1n) is 21.0. The number of benzene rings is 11. The molecule has 284 valence electrons. The van der Waals surface area contributed by atoms with Crippen molar-refractivity contribution < 1.29 is 4.42 Å². The average molecular weight is 775 g/mol. The fourth-order valence-corrected chi connectivity index (χ4v) is 9.40. The van der Waals surface area contributed by atoms with E-state index < -0.39 is 0 Å². The second-order valence-corrected chi connectivity index (χ2v) is 16.0. The van der Waals surface area contributed by atoms with Crippen LogP contribution in [-0.4, -0.2) is 0 Å². The lowest BCUT2D eigenvalue weighted by Crippen LogP contribution is -1.93. The molecular weight excluding hydrogens is 737 g/mol. The first kappa shape index (κ1) is 35.0. The molecule has 0 amide bonds. The maximum absolute atomic E-state index is 6.16. The summed E-state index contributed by atoms with van der Waals surface area (Å²) in [5.41, 5.74) is 16.3. The predicted octanol–water partition coefficient (Wildman–Crippen LogP) is 17.0. The van der Waals surface area contributed by atoms with Crippen molar-refractivity contribution in [3.63, 3.8) is 0 Å². The zero-order chi connectivity index (χ0) is 40.3. The summed E-state index contributed by atoms with van der Waals surface area (Å²) in [7, 11) is 0. The van der Waals surface area contributed by atoms with Crippen LogP contribution in [0.4, 0.5) is 0 Å². The van der Waals surface area contributed by atoms with Crippen molar-refractivity contribution in [2.45, 2.75) is 0 Å². The van der Waals surface area contributed by atoms with Gasteiger partial charge in [0.1, 0.15) is 11.2 Å². The highest BCUT2D eigenvalue weighted by molar-refractivity contribution is 6.22. The van der Waals surface area contributed by atoms with Crippen molar-refractivity contribution >= 4 is 54.3 Å². The van der Waals surface area contributed by atoms with Gasteiger partial charge < -0.3 is 4.42 Å². The Kier molecular flexibility index (Phi) is 8.25. The Bertz CT molecular complexity index is 3600. The van der Waals surface area contributed by atoms with Crippen molar-refractivity contribution in [2.75, 3.05) is 0 Å². The topological polar surface area (TPSA) is 13.1 Å². The van der Waals surface area contributed by atoms with Gasteiger partial charge in [0, 0.05) is 10.8 Å². The molecule has 0 atom stereocenters. The van der Waals surface area contributed by atoms with Crippen molar-refractivity contribution in [3.05, 3.63) is 231 Å². The van der Waals surface area contributed by atoms with Crippen molar-refractivity contribution in [2.24, 2.45) is 0 Å². The molecule has 12 rings (SSSR count). The standard InChI is InChI=1S/C60H38O/c1-3-11-39(12-4-1)48-30-33-53-55(37-48)59(44-24-19-42(20-25-44)47-28-23-41-15-7-8-16-46(41)35-47)52-32-29-49(40-13-5-2-6-14-40)38-56(52)60(53)45-26-21-43(22-27-45)50-31-34-58-54(36-50)51-17-9-10-18-57(51)61-58/h1-38H. The van der Waals surface area contributed by atoms with Crippen molar-refractivity contribution in [1.29, 1.82) is 0 Å². The Balaban J connectivity index is 1.07.